The molecule has 0 saturated heterocycles. The van der Waals surface area contributed by atoms with E-state index in [-0.39, 0.29) is 30.9 Å². The molecule has 1 rings (SSSR count). The number of methoxy groups -OCH3 is 2. The van der Waals surface area contributed by atoms with E-state index >= 15 is 0 Å². The van der Waals surface area contributed by atoms with Gasteiger partial charge in [-0.15, -0.1) is 12.4 Å². The van der Waals surface area contributed by atoms with Crippen molar-refractivity contribution < 1.29 is 14.3 Å². The number of hydrogen-bond donors (Lipinski definition) is 2. The molecule has 2 atom stereocenters. The second-order valence-electron chi connectivity index (χ2n) is 3.97. The Morgan fingerprint density at radius 1 is 1.42 bits per heavy atom. The smallest absolute Gasteiger partial charge is 0.250 e. The van der Waals surface area contributed by atoms with Crippen LogP contribution in [0.15, 0.2) is 24.3 Å². The minimum atomic E-state index is -0.613. The maximum absolute atomic E-state index is 11.8. The molecule has 0 aliphatic rings. The highest BCUT2D eigenvalue weighted by molar-refractivity contribution is 5.85. The first-order valence-electron chi connectivity index (χ1n) is 5.79. The van der Waals surface area contributed by atoms with Gasteiger partial charge in [0.15, 0.2) is 0 Å². The van der Waals surface area contributed by atoms with E-state index in [2.05, 4.69) is 5.32 Å². The van der Waals surface area contributed by atoms with Crippen molar-refractivity contribution in [1.29, 1.82) is 0 Å². The zero-order chi connectivity index (χ0) is 13.5. The van der Waals surface area contributed by atoms with E-state index in [1.165, 1.54) is 7.11 Å². The molecule has 6 heteroatoms. The zero-order valence-corrected chi connectivity index (χ0v) is 12.2. The number of benzene rings is 1. The molecule has 0 saturated carbocycles. The largest absolute Gasteiger partial charge is 0.497 e. The minimum absolute atomic E-state index is 0. The fourth-order valence-electron chi connectivity index (χ4n) is 1.61. The Kier molecular flexibility index (Phi) is 8.14. The quantitative estimate of drug-likeness (QED) is 0.827. The summed E-state index contributed by atoms with van der Waals surface area (Å²) in [5, 5.41) is 2.85. The average Bonchev–Trinajstić information content (AvgIpc) is 2.40. The molecule has 5 nitrogen and oxygen atoms in total. The molecule has 0 aliphatic carbocycles. The van der Waals surface area contributed by atoms with E-state index in [1.807, 2.05) is 31.2 Å². The summed E-state index contributed by atoms with van der Waals surface area (Å²) in [7, 11) is 3.07. The first kappa shape index (κ1) is 17.7. The van der Waals surface area contributed by atoms with Gasteiger partial charge in [0.2, 0.25) is 0 Å². The van der Waals surface area contributed by atoms with Crippen LogP contribution in [0.5, 0.6) is 5.75 Å². The first-order chi connectivity index (χ1) is 8.62. The highest BCUT2D eigenvalue weighted by atomic mass is 35.5. The van der Waals surface area contributed by atoms with Crippen molar-refractivity contribution in [2.45, 2.75) is 19.1 Å². The highest BCUT2D eigenvalue weighted by Gasteiger charge is 2.18. The summed E-state index contributed by atoms with van der Waals surface area (Å²) in [6, 6.07) is 7.42. The number of ether oxygens (including phenoxy) is 2. The second kappa shape index (κ2) is 8.74. The number of hydrogen-bond acceptors (Lipinski definition) is 4. The van der Waals surface area contributed by atoms with Crippen LogP contribution in [0.25, 0.3) is 0 Å². The Morgan fingerprint density at radius 3 is 2.63 bits per heavy atom. The summed E-state index contributed by atoms with van der Waals surface area (Å²) < 4.78 is 10.1. The summed E-state index contributed by atoms with van der Waals surface area (Å²) in [5.41, 5.74) is 6.41. The molecule has 1 aromatic rings. The number of halogens is 1. The van der Waals surface area contributed by atoms with E-state index in [1.54, 1.807) is 7.11 Å². The standard InChI is InChI=1S/C13H20N2O3.ClH/c1-9(15-13(16)12(8-14)18-3)10-5-4-6-11(7-10)17-2;/h4-7,9,12H,8,14H2,1-3H3,(H,15,16);1H. The van der Waals surface area contributed by atoms with Crippen molar-refractivity contribution in [3.8, 4) is 5.75 Å². The lowest BCUT2D eigenvalue weighted by molar-refractivity contribution is -0.131. The van der Waals surface area contributed by atoms with Gasteiger partial charge in [-0.2, -0.15) is 0 Å². The zero-order valence-electron chi connectivity index (χ0n) is 11.4. The summed E-state index contributed by atoms with van der Waals surface area (Å²) in [6.45, 7) is 2.06. The van der Waals surface area contributed by atoms with Gasteiger partial charge in [-0.25, -0.2) is 0 Å². The number of rotatable bonds is 6. The third-order valence-corrected chi connectivity index (χ3v) is 2.74. The fraction of sp³-hybridized carbons (Fsp3) is 0.462. The minimum Gasteiger partial charge on any atom is -0.497 e. The van der Waals surface area contributed by atoms with Gasteiger partial charge in [0, 0.05) is 13.7 Å². The van der Waals surface area contributed by atoms with Gasteiger partial charge in [0.05, 0.1) is 13.2 Å². The van der Waals surface area contributed by atoms with Gasteiger partial charge in [-0.05, 0) is 24.6 Å². The molecular formula is C13H21ClN2O3. The molecule has 0 aliphatic heterocycles. The monoisotopic (exact) mass is 288 g/mol. The summed E-state index contributed by atoms with van der Waals surface area (Å²) in [5.74, 6) is 0.547. The third-order valence-electron chi connectivity index (χ3n) is 2.74. The lowest BCUT2D eigenvalue weighted by atomic mass is 10.1. The number of amides is 1. The number of nitrogens with one attached hydrogen (secondary N) is 1. The van der Waals surface area contributed by atoms with Crippen LogP contribution in [0, 0.1) is 0 Å². The van der Waals surface area contributed by atoms with Gasteiger partial charge in [-0.3, -0.25) is 4.79 Å². The van der Waals surface area contributed by atoms with Crippen molar-refractivity contribution in [2.75, 3.05) is 20.8 Å². The molecule has 0 aromatic heterocycles. The van der Waals surface area contributed by atoms with E-state index in [0.29, 0.717) is 0 Å². The van der Waals surface area contributed by atoms with Crippen molar-refractivity contribution >= 4 is 18.3 Å². The van der Waals surface area contributed by atoms with E-state index < -0.39 is 6.10 Å². The van der Waals surface area contributed by atoms with Crippen molar-refractivity contribution in [3.63, 3.8) is 0 Å². The summed E-state index contributed by atoms with van der Waals surface area (Å²) in [6.07, 6.45) is -0.613. The number of nitrogens with two attached hydrogens (primary N) is 1. The Hall–Kier alpha value is -1.30. The van der Waals surface area contributed by atoms with Crippen molar-refractivity contribution in [1.82, 2.24) is 5.32 Å². The molecule has 2 unspecified atom stereocenters. The Bertz CT molecular complexity index is 397. The lowest BCUT2D eigenvalue weighted by Crippen LogP contribution is -2.41. The van der Waals surface area contributed by atoms with Crippen molar-refractivity contribution in [3.05, 3.63) is 29.8 Å². The van der Waals surface area contributed by atoms with Crippen LogP contribution in [-0.4, -0.2) is 32.8 Å². The van der Waals surface area contributed by atoms with Gasteiger partial charge < -0.3 is 20.5 Å². The maximum Gasteiger partial charge on any atom is 0.250 e. The summed E-state index contributed by atoms with van der Waals surface area (Å²) in [4.78, 5) is 11.8. The van der Waals surface area contributed by atoms with Crippen LogP contribution in [0.4, 0.5) is 0 Å². The van der Waals surface area contributed by atoms with Gasteiger partial charge in [-0.1, -0.05) is 12.1 Å². The van der Waals surface area contributed by atoms with Crippen LogP contribution >= 0.6 is 12.4 Å². The molecule has 0 fully saturated rings. The van der Waals surface area contributed by atoms with Crippen LogP contribution < -0.4 is 15.8 Å². The predicted molar refractivity (Wildman–Crippen MR) is 76.7 cm³/mol. The molecule has 0 spiro atoms. The van der Waals surface area contributed by atoms with Crippen molar-refractivity contribution in [2.24, 2.45) is 5.73 Å². The van der Waals surface area contributed by atoms with Crippen LogP contribution in [0.2, 0.25) is 0 Å². The van der Waals surface area contributed by atoms with Crippen LogP contribution in [0.1, 0.15) is 18.5 Å². The molecule has 0 bridgehead atoms. The second-order valence-corrected chi connectivity index (χ2v) is 3.97. The van der Waals surface area contributed by atoms with Gasteiger partial charge in [0.1, 0.15) is 11.9 Å². The molecule has 19 heavy (non-hydrogen) atoms. The van der Waals surface area contributed by atoms with E-state index in [9.17, 15) is 4.79 Å². The molecular weight excluding hydrogens is 268 g/mol. The Labute approximate surface area is 119 Å². The molecule has 1 amide bonds. The predicted octanol–water partition coefficient (Wildman–Crippen LogP) is 1.27. The van der Waals surface area contributed by atoms with Gasteiger partial charge in [0.25, 0.3) is 5.91 Å². The van der Waals surface area contributed by atoms with Crippen LogP contribution in [0.3, 0.4) is 0 Å². The SMILES string of the molecule is COc1cccc(C(C)NC(=O)C(CN)OC)c1.Cl. The Morgan fingerprint density at radius 2 is 2.11 bits per heavy atom. The van der Waals surface area contributed by atoms with E-state index in [4.69, 9.17) is 15.2 Å². The first-order valence-corrected chi connectivity index (χ1v) is 5.79. The average molecular weight is 289 g/mol. The number of carbonyl (C=O) groups excluding carboxylic acids is 1. The fourth-order valence-corrected chi connectivity index (χ4v) is 1.61. The lowest BCUT2D eigenvalue weighted by Gasteiger charge is -2.18. The molecule has 108 valence electrons. The molecule has 3 N–H and O–H groups in total. The number of carbonyl (C=O) groups is 1. The summed E-state index contributed by atoms with van der Waals surface area (Å²) >= 11 is 0. The topological polar surface area (TPSA) is 73.6 Å². The van der Waals surface area contributed by atoms with Gasteiger partial charge >= 0.3 is 0 Å². The molecule has 0 heterocycles. The van der Waals surface area contributed by atoms with Crippen LogP contribution in [-0.2, 0) is 9.53 Å². The normalized spacial score (nSPS) is 13.1. The van der Waals surface area contributed by atoms with E-state index in [0.717, 1.165) is 11.3 Å². The molecule has 0 radical (unpaired) electrons. The Balaban J connectivity index is 0.00000324. The molecule has 1 aromatic carbocycles. The maximum atomic E-state index is 11.8. The third kappa shape index (κ3) is 5.06. The highest BCUT2D eigenvalue weighted by Crippen LogP contribution is 2.18.